The van der Waals surface area contributed by atoms with Crippen LogP contribution >= 0.6 is 0 Å². The highest BCUT2D eigenvalue weighted by molar-refractivity contribution is 7.88. The molecule has 0 aliphatic rings. The number of halogens is 1. The van der Waals surface area contributed by atoms with Crippen LogP contribution in [0.4, 0.5) is 4.39 Å². The summed E-state index contributed by atoms with van der Waals surface area (Å²) in [6.07, 6.45) is 2.65. The highest BCUT2D eigenvalue weighted by atomic mass is 32.2. The zero-order chi connectivity index (χ0) is 18.7. The summed E-state index contributed by atoms with van der Waals surface area (Å²) in [5.41, 5.74) is 1.05. The maximum absolute atomic E-state index is 12.9. The Balaban J connectivity index is 2.41. The lowest BCUT2D eigenvalue weighted by atomic mass is 10.1. The highest BCUT2D eigenvalue weighted by Crippen LogP contribution is 2.03. The molecule has 0 amide bonds. The molecule has 6 nitrogen and oxygen atoms in total. The van der Waals surface area contributed by atoms with Crippen LogP contribution in [0.1, 0.15) is 25.8 Å². The zero-order valence-electron chi connectivity index (χ0n) is 15.3. The zero-order valence-corrected chi connectivity index (χ0v) is 16.1. The van der Waals surface area contributed by atoms with Gasteiger partial charge >= 0.3 is 0 Å². The van der Waals surface area contributed by atoms with E-state index in [1.807, 2.05) is 13.8 Å². The van der Waals surface area contributed by atoms with Crippen molar-refractivity contribution >= 4 is 16.0 Å². The molecule has 0 atom stereocenters. The topological polar surface area (TPSA) is 73.8 Å². The van der Waals surface area contributed by atoms with Crippen LogP contribution in [0.25, 0.3) is 0 Å². The first-order valence-electron chi connectivity index (χ1n) is 8.58. The molecule has 0 unspecified atom stereocenters. The van der Waals surface area contributed by atoms with Crippen molar-refractivity contribution in [2.75, 3.05) is 39.0 Å². The summed E-state index contributed by atoms with van der Waals surface area (Å²) in [5.74, 6) is 0.467. The normalized spacial score (nSPS) is 12.4. The molecule has 0 bridgehead atoms. The standard InChI is InChI=1S/C17H29FN4O2S/c1-4-19-17(20-12-6-14-22(5-2)25(3,23)24)21-13-11-15-7-9-16(18)10-8-15/h7-10H,4-6,11-14H2,1-3H3,(H2,19,20,21). The van der Waals surface area contributed by atoms with Crippen molar-refractivity contribution < 1.29 is 12.8 Å². The lowest BCUT2D eigenvalue weighted by Crippen LogP contribution is -2.38. The number of rotatable bonds is 10. The van der Waals surface area contributed by atoms with Gasteiger partial charge in [-0.05, 0) is 37.5 Å². The van der Waals surface area contributed by atoms with E-state index < -0.39 is 10.0 Å². The van der Waals surface area contributed by atoms with Crippen LogP contribution in [0.3, 0.4) is 0 Å². The van der Waals surface area contributed by atoms with Crippen molar-refractivity contribution in [3.8, 4) is 0 Å². The summed E-state index contributed by atoms with van der Waals surface area (Å²) >= 11 is 0. The van der Waals surface area contributed by atoms with Crippen molar-refractivity contribution in [3.63, 3.8) is 0 Å². The lowest BCUT2D eigenvalue weighted by Gasteiger charge is -2.17. The average molecular weight is 373 g/mol. The Labute approximate surface area is 150 Å². The predicted octanol–water partition coefficient (Wildman–Crippen LogP) is 1.59. The molecule has 1 rings (SSSR count). The van der Waals surface area contributed by atoms with Gasteiger partial charge in [0.1, 0.15) is 5.82 Å². The van der Waals surface area contributed by atoms with Crippen LogP contribution in [-0.2, 0) is 16.4 Å². The molecule has 0 aliphatic carbocycles. The highest BCUT2D eigenvalue weighted by Gasteiger charge is 2.12. The SMILES string of the molecule is CCNC(=NCCCN(CC)S(C)(=O)=O)NCCc1ccc(F)cc1. The van der Waals surface area contributed by atoms with Crippen LogP contribution < -0.4 is 10.6 Å². The van der Waals surface area contributed by atoms with E-state index in [9.17, 15) is 12.8 Å². The van der Waals surface area contributed by atoms with Crippen LogP contribution in [-0.4, -0.2) is 57.7 Å². The second-order valence-electron chi connectivity index (χ2n) is 5.67. The molecule has 0 saturated carbocycles. The molecule has 0 spiro atoms. The van der Waals surface area contributed by atoms with Gasteiger partial charge in [-0.3, -0.25) is 4.99 Å². The van der Waals surface area contributed by atoms with Gasteiger partial charge in [-0.25, -0.2) is 17.1 Å². The smallest absolute Gasteiger partial charge is 0.211 e. The third-order valence-corrected chi connectivity index (χ3v) is 5.00. The van der Waals surface area contributed by atoms with E-state index in [1.54, 1.807) is 12.1 Å². The fraction of sp³-hybridized carbons (Fsp3) is 0.588. The van der Waals surface area contributed by atoms with Gasteiger partial charge in [0.15, 0.2) is 5.96 Å². The second kappa shape index (κ2) is 11.0. The molecule has 1 aromatic carbocycles. The minimum atomic E-state index is -3.15. The second-order valence-corrected chi connectivity index (χ2v) is 7.65. The maximum Gasteiger partial charge on any atom is 0.211 e. The molecule has 2 N–H and O–H groups in total. The van der Waals surface area contributed by atoms with Gasteiger partial charge < -0.3 is 10.6 Å². The predicted molar refractivity (Wildman–Crippen MR) is 101 cm³/mol. The Hall–Kier alpha value is -1.67. The van der Waals surface area contributed by atoms with E-state index in [-0.39, 0.29) is 5.82 Å². The van der Waals surface area contributed by atoms with E-state index in [1.165, 1.54) is 22.7 Å². The first-order valence-corrected chi connectivity index (χ1v) is 10.4. The molecule has 0 aromatic heterocycles. The van der Waals surface area contributed by atoms with Gasteiger partial charge in [0.25, 0.3) is 0 Å². The molecule has 1 aromatic rings. The lowest BCUT2D eigenvalue weighted by molar-refractivity contribution is 0.427. The van der Waals surface area contributed by atoms with Gasteiger partial charge in [-0.1, -0.05) is 19.1 Å². The van der Waals surface area contributed by atoms with Crippen molar-refractivity contribution in [3.05, 3.63) is 35.6 Å². The van der Waals surface area contributed by atoms with Gasteiger partial charge in [0.05, 0.1) is 6.26 Å². The summed E-state index contributed by atoms with van der Waals surface area (Å²) in [7, 11) is -3.15. The Morgan fingerprint density at radius 2 is 1.88 bits per heavy atom. The number of benzene rings is 1. The average Bonchev–Trinajstić information content (AvgIpc) is 2.55. The van der Waals surface area contributed by atoms with Gasteiger partial charge in [0.2, 0.25) is 10.0 Å². The summed E-state index contributed by atoms with van der Waals surface area (Å²) in [4.78, 5) is 4.46. The number of guanidine groups is 1. The summed E-state index contributed by atoms with van der Waals surface area (Å²) < 4.78 is 37.4. The summed E-state index contributed by atoms with van der Waals surface area (Å²) in [6, 6.07) is 6.45. The molecule has 0 radical (unpaired) electrons. The number of nitrogens with one attached hydrogen (secondary N) is 2. The molecular formula is C17H29FN4O2S. The van der Waals surface area contributed by atoms with Gasteiger partial charge in [-0.2, -0.15) is 0 Å². The Morgan fingerprint density at radius 1 is 1.20 bits per heavy atom. The van der Waals surface area contributed by atoms with Crippen molar-refractivity contribution in [2.24, 2.45) is 4.99 Å². The molecule has 0 fully saturated rings. The quantitative estimate of drug-likeness (QED) is 0.372. The Bertz CT molecular complexity index is 633. The fourth-order valence-corrected chi connectivity index (χ4v) is 3.24. The van der Waals surface area contributed by atoms with E-state index in [0.29, 0.717) is 38.6 Å². The van der Waals surface area contributed by atoms with E-state index in [4.69, 9.17) is 0 Å². The fourth-order valence-electron chi connectivity index (χ4n) is 2.31. The minimum Gasteiger partial charge on any atom is -0.357 e. The molecule has 142 valence electrons. The Morgan fingerprint density at radius 3 is 2.44 bits per heavy atom. The molecule has 0 aliphatic heterocycles. The van der Waals surface area contributed by atoms with Crippen molar-refractivity contribution in [2.45, 2.75) is 26.7 Å². The van der Waals surface area contributed by atoms with E-state index >= 15 is 0 Å². The van der Waals surface area contributed by atoms with Gasteiger partial charge in [0, 0.05) is 32.7 Å². The van der Waals surface area contributed by atoms with Crippen LogP contribution in [0.15, 0.2) is 29.3 Å². The first-order chi connectivity index (χ1) is 11.9. The van der Waals surface area contributed by atoms with Crippen LogP contribution in [0, 0.1) is 5.82 Å². The molecular weight excluding hydrogens is 343 g/mol. The minimum absolute atomic E-state index is 0.234. The monoisotopic (exact) mass is 372 g/mol. The number of aliphatic imine (C=N–C) groups is 1. The number of nitrogens with zero attached hydrogens (tertiary/aromatic N) is 2. The molecule has 0 saturated heterocycles. The number of sulfonamides is 1. The first kappa shape index (κ1) is 21.4. The molecule has 0 heterocycles. The summed E-state index contributed by atoms with van der Waals surface area (Å²) in [5, 5.41) is 6.39. The molecule has 8 heteroatoms. The van der Waals surface area contributed by atoms with Crippen molar-refractivity contribution in [1.29, 1.82) is 0 Å². The van der Waals surface area contributed by atoms with Crippen LogP contribution in [0.2, 0.25) is 0 Å². The largest absolute Gasteiger partial charge is 0.357 e. The third-order valence-electron chi connectivity index (χ3n) is 3.62. The third kappa shape index (κ3) is 8.83. The molecule has 25 heavy (non-hydrogen) atoms. The Kier molecular flexibility index (Phi) is 9.44. The van der Waals surface area contributed by atoms with Gasteiger partial charge in [-0.15, -0.1) is 0 Å². The van der Waals surface area contributed by atoms with Crippen molar-refractivity contribution in [1.82, 2.24) is 14.9 Å². The number of hydrogen-bond donors (Lipinski definition) is 2. The van der Waals surface area contributed by atoms with E-state index in [2.05, 4.69) is 15.6 Å². The summed E-state index contributed by atoms with van der Waals surface area (Å²) in [6.45, 7) is 6.71. The van der Waals surface area contributed by atoms with Crippen LogP contribution in [0.5, 0.6) is 0 Å². The van der Waals surface area contributed by atoms with E-state index in [0.717, 1.165) is 18.5 Å². The maximum atomic E-state index is 12.9. The number of hydrogen-bond acceptors (Lipinski definition) is 3.